The van der Waals surface area contributed by atoms with Crippen LogP contribution in [0.15, 0.2) is 36.5 Å². The highest BCUT2D eigenvalue weighted by Crippen LogP contribution is 2.29. The Labute approximate surface area is 149 Å². The van der Waals surface area contributed by atoms with Gasteiger partial charge in [0.15, 0.2) is 6.61 Å². The van der Waals surface area contributed by atoms with Crippen molar-refractivity contribution in [2.75, 3.05) is 31.1 Å². The molecule has 3 rings (SSSR count). The average Bonchev–Trinajstić information content (AvgIpc) is 2.97. The third-order valence-electron chi connectivity index (χ3n) is 4.73. The van der Waals surface area contributed by atoms with Gasteiger partial charge in [-0.3, -0.25) is 0 Å². The summed E-state index contributed by atoms with van der Waals surface area (Å²) in [4.78, 5) is 14.6. The van der Waals surface area contributed by atoms with E-state index < -0.39 is 0 Å². The van der Waals surface area contributed by atoms with Crippen molar-refractivity contribution in [3.05, 3.63) is 59.2 Å². The molecule has 130 valence electrons. The third kappa shape index (κ3) is 4.48. The third-order valence-corrected chi connectivity index (χ3v) is 4.73. The molecule has 1 aromatic carbocycles. The van der Waals surface area contributed by atoms with E-state index in [9.17, 15) is 0 Å². The number of aromatic nitrogens is 2. The highest BCUT2D eigenvalue weighted by molar-refractivity contribution is 5.33. The van der Waals surface area contributed by atoms with Crippen LogP contribution in [0.4, 0.5) is 5.95 Å². The molecule has 0 saturated carbocycles. The number of benzene rings is 1. The molecule has 0 unspecified atom stereocenters. The van der Waals surface area contributed by atoms with Crippen LogP contribution in [0.2, 0.25) is 0 Å². The first-order chi connectivity index (χ1) is 12.2. The molecule has 1 saturated heterocycles. The zero-order valence-electron chi connectivity index (χ0n) is 14.9. The van der Waals surface area contributed by atoms with Crippen molar-refractivity contribution >= 4 is 5.95 Å². The zero-order chi connectivity index (χ0) is 17.6. The second kappa shape index (κ2) is 7.98. The van der Waals surface area contributed by atoms with E-state index >= 15 is 0 Å². The van der Waals surface area contributed by atoms with Gasteiger partial charge in [0.25, 0.3) is 0 Å². The fourth-order valence-corrected chi connectivity index (χ4v) is 3.28. The Morgan fingerprint density at radius 1 is 1.24 bits per heavy atom. The predicted octanol–water partition coefficient (Wildman–Crippen LogP) is 3.40. The van der Waals surface area contributed by atoms with Gasteiger partial charge in [0.1, 0.15) is 5.75 Å². The summed E-state index contributed by atoms with van der Waals surface area (Å²) in [5.41, 5.74) is 2.33. The Hall–Kier alpha value is -2.61. The van der Waals surface area contributed by atoms with Gasteiger partial charge in [-0.25, -0.2) is 16.5 Å². The Morgan fingerprint density at radius 2 is 2.04 bits per heavy atom. The lowest BCUT2D eigenvalue weighted by atomic mass is 9.91. The maximum atomic E-state index is 6.77. The maximum Gasteiger partial charge on any atom is 0.248 e. The fraction of sp³-hybridized carbons (Fsp3) is 0.450. The molecule has 0 N–H and O–H groups in total. The van der Waals surface area contributed by atoms with Crippen LogP contribution in [0.5, 0.6) is 5.75 Å². The van der Waals surface area contributed by atoms with Gasteiger partial charge in [-0.05, 0) is 48.9 Å². The van der Waals surface area contributed by atoms with Gasteiger partial charge in [-0.2, -0.15) is 0 Å². The summed E-state index contributed by atoms with van der Waals surface area (Å²) in [6.07, 6.45) is 2.88. The molecule has 0 aliphatic carbocycles. The van der Waals surface area contributed by atoms with Crippen molar-refractivity contribution in [1.29, 1.82) is 0 Å². The van der Waals surface area contributed by atoms with E-state index in [0.717, 1.165) is 36.9 Å². The molecule has 25 heavy (non-hydrogen) atoms. The van der Waals surface area contributed by atoms with Gasteiger partial charge in [0, 0.05) is 25.0 Å². The van der Waals surface area contributed by atoms with Crippen LogP contribution in [0.25, 0.3) is 4.85 Å². The van der Waals surface area contributed by atoms with Crippen LogP contribution in [-0.4, -0.2) is 36.2 Å². The summed E-state index contributed by atoms with van der Waals surface area (Å²) in [6.45, 7) is 13.9. The molecule has 0 bridgehead atoms. The summed E-state index contributed by atoms with van der Waals surface area (Å²) in [6, 6.07) is 10.2. The molecule has 1 fully saturated rings. The van der Waals surface area contributed by atoms with Crippen LogP contribution in [-0.2, 0) is 6.42 Å². The van der Waals surface area contributed by atoms with Crippen LogP contribution in [0.1, 0.15) is 18.2 Å². The number of hydrogen-bond donors (Lipinski definition) is 0. The molecule has 5 nitrogen and oxygen atoms in total. The molecule has 2 atom stereocenters. The number of rotatable bonds is 6. The van der Waals surface area contributed by atoms with E-state index in [0.29, 0.717) is 25.0 Å². The van der Waals surface area contributed by atoms with Gasteiger partial charge in [0.05, 0.1) is 0 Å². The summed E-state index contributed by atoms with van der Waals surface area (Å²) in [5.74, 6) is 2.89. The number of nitrogens with zero attached hydrogens (tertiary/aromatic N) is 4. The summed E-state index contributed by atoms with van der Waals surface area (Å²) < 4.78 is 5.54. The first kappa shape index (κ1) is 17.2. The summed E-state index contributed by atoms with van der Waals surface area (Å²) >= 11 is 0. The molecular weight excluding hydrogens is 312 g/mol. The van der Waals surface area contributed by atoms with Gasteiger partial charge >= 0.3 is 0 Å². The van der Waals surface area contributed by atoms with Crippen molar-refractivity contribution < 1.29 is 4.74 Å². The smallest absolute Gasteiger partial charge is 0.248 e. The minimum absolute atomic E-state index is 0.401. The number of hydrogen-bond acceptors (Lipinski definition) is 4. The number of aryl methyl sites for hydroxylation is 1. The molecule has 1 aliphatic rings. The van der Waals surface area contributed by atoms with Crippen LogP contribution >= 0.6 is 0 Å². The Bertz CT molecular complexity index is 738. The Kier molecular flexibility index (Phi) is 5.49. The van der Waals surface area contributed by atoms with E-state index in [2.05, 4.69) is 38.8 Å². The monoisotopic (exact) mass is 336 g/mol. The molecule has 0 radical (unpaired) electrons. The van der Waals surface area contributed by atoms with Crippen LogP contribution in [0.3, 0.4) is 0 Å². The molecule has 5 heteroatoms. The molecule has 2 heterocycles. The minimum atomic E-state index is 0.401. The lowest BCUT2D eigenvalue weighted by Crippen LogP contribution is -2.22. The Morgan fingerprint density at radius 3 is 2.76 bits per heavy atom. The lowest BCUT2D eigenvalue weighted by Gasteiger charge is -2.16. The molecule has 0 amide bonds. The summed E-state index contributed by atoms with van der Waals surface area (Å²) in [7, 11) is 0. The van der Waals surface area contributed by atoms with Gasteiger partial charge in [-0.1, -0.05) is 19.1 Å². The second-order valence-electron chi connectivity index (χ2n) is 6.72. The van der Waals surface area contributed by atoms with E-state index in [4.69, 9.17) is 11.3 Å². The molecule has 1 aromatic heterocycles. The normalized spacial score (nSPS) is 19.6. The SMILES string of the molecule is [C-]#[N+]CCOc1ccc(C[C@@H]2CN(c3nccc(C)n3)C[C@@H]2C)cc1. The fourth-order valence-electron chi connectivity index (χ4n) is 3.28. The van der Waals surface area contributed by atoms with Crippen molar-refractivity contribution in [3.8, 4) is 5.75 Å². The molecule has 2 aromatic rings. The van der Waals surface area contributed by atoms with Crippen LogP contribution in [0, 0.1) is 25.3 Å². The first-order valence-electron chi connectivity index (χ1n) is 8.75. The lowest BCUT2D eigenvalue weighted by molar-refractivity contribution is 0.336. The number of ether oxygens (including phenoxy) is 1. The highest BCUT2D eigenvalue weighted by Gasteiger charge is 2.31. The predicted molar refractivity (Wildman–Crippen MR) is 98.7 cm³/mol. The van der Waals surface area contributed by atoms with Gasteiger partial charge in [-0.15, -0.1) is 0 Å². The molecule has 0 spiro atoms. The quantitative estimate of drug-likeness (QED) is 0.599. The van der Waals surface area contributed by atoms with Crippen molar-refractivity contribution in [1.82, 2.24) is 9.97 Å². The minimum Gasteiger partial charge on any atom is -0.486 e. The van der Waals surface area contributed by atoms with Crippen molar-refractivity contribution in [2.24, 2.45) is 11.8 Å². The second-order valence-corrected chi connectivity index (χ2v) is 6.72. The molecule has 1 aliphatic heterocycles. The topological polar surface area (TPSA) is 42.6 Å². The largest absolute Gasteiger partial charge is 0.486 e. The first-order valence-corrected chi connectivity index (χ1v) is 8.75. The van der Waals surface area contributed by atoms with Crippen molar-refractivity contribution in [2.45, 2.75) is 20.3 Å². The van der Waals surface area contributed by atoms with Crippen LogP contribution < -0.4 is 9.64 Å². The van der Waals surface area contributed by atoms with E-state index in [1.807, 2.05) is 31.3 Å². The maximum absolute atomic E-state index is 6.77. The standard InChI is InChI=1S/C20H24N4O/c1-15-13-24(20-22-9-8-16(2)23-20)14-18(15)12-17-4-6-19(7-5-17)25-11-10-21-3/h4-9,15,18H,10-14H2,1-2H3/t15-,18+/m0/s1. The van der Waals surface area contributed by atoms with E-state index in [1.165, 1.54) is 5.56 Å². The number of anilines is 1. The van der Waals surface area contributed by atoms with Gasteiger partial charge in [0.2, 0.25) is 12.5 Å². The highest BCUT2D eigenvalue weighted by atomic mass is 16.5. The van der Waals surface area contributed by atoms with Gasteiger partial charge < -0.3 is 14.5 Å². The summed E-state index contributed by atoms with van der Waals surface area (Å²) in [5, 5.41) is 0. The zero-order valence-corrected chi connectivity index (χ0v) is 14.9. The Balaban J connectivity index is 1.58. The molecular formula is C20H24N4O. The van der Waals surface area contributed by atoms with E-state index in [-0.39, 0.29) is 0 Å². The van der Waals surface area contributed by atoms with E-state index in [1.54, 1.807) is 0 Å². The van der Waals surface area contributed by atoms with Crippen molar-refractivity contribution in [3.63, 3.8) is 0 Å². The average molecular weight is 336 g/mol.